The molecule has 1 amide bonds. The number of benzene rings is 1. The second-order valence-corrected chi connectivity index (χ2v) is 4.67. The van der Waals surface area contributed by atoms with Crippen LogP contribution in [0, 0.1) is 5.92 Å². The predicted molar refractivity (Wildman–Crippen MR) is 62.6 cm³/mol. The van der Waals surface area contributed by atoms with Gasteiger partial charge in [0.25, 0.3) is 0 Å². The number of hydrogen-bond donors (Lipinski definition) is 1. The first-order valence-electron chi connectivity index (χ1n) is 4.86. The molecule has 1 atom stereocenters. The van der Waals surface area contributed by atoms with Crippen molar-refractivity contribution in [2.45, 2.75) is 19.8 Å². The molecule has 0 spiro atoms. The number of amides is 1. The molecule has 1 aromatic rings. The molecule has 0 saturated heterocycles. The van der Waals surface area contributed by atoms with E-state index in [0.717, 1.165) is 24.1 Å². The number of fused-ring (bicyclic) bond motifs is 1. The maximum Gasteiger partial charge on any atom is 0.227 e. The third kappa shape index (κ3) is 2.11. The number of hydrogen-bond acceptors (Lipinski definition) is 1. The van der Waals surface area contributed by atoms with Crippen LogP contribution < -0.4 is 5.32 Å². The van der Waals surface area contributed by atoms with Gasteiger partial charge in [0, 0.05) is 11.6 Å². The van der Waals surface area contributed by atoms with Crippen LogP contribution >= 0.6 is 23.2 Å². The lowest BCUT2D eigenvalue weighted by molar-refractivity contribution is -0.119. The van der Waals surface area contributed by atoms with E-state index < -0.39 is 0 Å². The van der Waals surface area contributed by atoms with E-state index in [1.165, 1.54) is 0 Å². The van der Waals surface area contributed by atoms with Gasteiger partial charge in [0.05, 0.1) is 10.0 Å². The lowest BCUT2D eigenvalue weighted by Crippen LogP contribution is -2.18. The SMILES string of the molecule is CC1CCc2cc(Cl)c(Cl)cc2NC1=O. The molecule has 2 rings (SSSR count). The summed E-state index contributed by atoms with van der Waals surface area (Å²) in [5.41, 5.74) is 1.85. The molecule has 1 aliphatic heterocycles. The molecule has 0 aliphatic carbocycles. The van der Waals surface area contributed by atoms with Crippen molar-refractivity contribution in [1.82, 2.24) is 0 Å². The molecule has 1 aliphatic rings. The van der Waals surface area contributed by atoms with Crippen LogP contribution in [0.5, 0.6) is 0 Å². The van der Waals surface area contributed by atoms with Gasteiger partial charge in [-0.15, -0.1) is 0 Å². The molecule has 80 valence electrons. The summed E-state index contributed by atoms with van der Waals surface area (Å²) in [4.78, 5) is 11.6. The van der Waals surface area contributed by atoms with Crippen LogP contribution in [0.15, 0.2) is 12.1 Å². The number of nitrogens with one attached hydrogen (secondary N) is 1. The zero-order valence-corrected chi connectivity index (χ0v) is 9.82. The van der Waals surface area contributed by atoms with Crippen molar-refractivity contribution in [3.8, 4) is 0 Å². The average molecular weight is 244 g/mol. The topological polar surface area (TPSA) is 29.1 Å². The highest BCUT2D eigenvalue weighted by molar-refractivity contribution is 6.42. The second kappa shape index (κ2) is 4.03. The molecule has 1 aromatic carbocycles. The van der Waals surface area contributed by atoms with Crippen LogP contribution in [0.25, 0.3) is 0 Å². The van der Waals surface area contributed by atoms with Gasteiger partial charge in [0.1, 0.15) is 0 Å². The molecule has 0 radical (unpaired) electrons. The van der Waals surface area contributed by atoms with Gasteiger partial charge >= 0.3 is 0 Å². The second-order valence-electron chi connectivity index (χ2n) is 3.85. The van der Waals surface area contributed by atoms with Crippen LogP contribution in [0.4, 0.5) is 5.69 Å². The first-order valence-corrected chi connectivity index (χ1v) is 5.62. The molecular weight excluding hydrogens is 233 g/mol. The maximum atomic E-state index is 11.6. The van der Waals surface area contributed by atoms with E-state index in [2.05, 4.69) is 5.32 Å². The fraction of sp³-hybridized carbons (Fsp3) is 0.364. The number of halogens is 2. The Morgan fingerprint density at radius 1 is 1.33 bits per heavy atom. The van der Waals surface area contributed by atoms with Gasteiger partial charge in [-0.05, 0) is 30.5 Å². The summed E-state index contributed by atoms with van der Waals surface area (Å²) >= 11 is 11.8. The van der Waals surface area contributed by atoms with Crippen molar-refractivity contribution in [3.05, 3.63) is 27.7 Å². The molecule has 15 heavy (non-hydrogen) atoms. The predicted octanol–water partition coefficient (Wildman–Crippen LogP) is 3.51. The fourth-order valence-corrected chi connectivity index (χ4v) is 2.02. The minimum atomic E-state index is 0.0370. The number of carbonyl (C=O) groups excluding carboxylic acids is 1. The number of aryl methyl sites for hydroxylation is 1. The van der Waals surface area contributed by atoms with E-state index in [1.807, 2.05) is 13.0 Å². The summed E-state index contributed by atoms with van der Waals surface area (Å²) in [5.74, 6) is 0.0853. The molecule has 0 saturated carbocycles. The molecule has 2 nitrogen and oxygen atoms in total. The highest BCUT2D eigenvalue weighted by Crippen LogP contribution is 2.32. The third-order valence-corrected chi connectivity index (χ3v) is 3.42. The Morgan fingerprint density at radius 2 is 2.00 bits per heavy atom. The number of carbonyl (C=O) groups is 1. The van der Waals surface area contributed by atoms with Gasteiger partial charge in [-0.1, -0.05) is 30.1 Å². The van der Waals surface area contributed by atoms with Crippen molar-refractivity contribution in [1.29, 1.82) is 0 Å². The van der Waals surface area contributed by atoms with E-state index in [0.29, 0.717) is 10.0 Å². The minimum absolute atomic E-state index is 0.0370. The summed E-state index contributed by atoms with van der Waals surface area (Å²) in [6, 6.07) is 3.55. The molecule has 1 heterocycles. The molecule has 4 heteroatoms. The lowest BCUT2D eigenvalue weighted by atomic mass is 10.0. The molecule has 1 N–H and O–H groups in total. The standard InChI is InChI=1S/C11H11Cl2NO/c1-6-2-3-7-4-8(12)9(13)5-10(7)14-11(6)15/h4-6H,2-3H2,1H3,(H,14,15). The van der Waals surface area contributed by atoms with Crippen molar-refractivity contribution in [2.75, 3.05) is 5.32 Å². The smallest absolute Gasteiger partial charge is 0.227 e. The third-order valence-electron chi connectivity index (χ3n) is 2.70. The van der Waals surface area contributed by atoms with Crippen LogP contribution in [0.3, 0.4) is 0 Å². The number of anilines is 1. The monoisotopic (exact) mass is 243 g/mol. The zero-order chi connectivity index (χ0) is 11.0. The Kier molecular flexibility index (Phi) is 2.89. The first-order chi connectivity index (χ1) is 7.08. The summed E-state index contributed by atoms with van der Waals surface area (Å²) in [7, 11) is 0. The van der Waals surface area contributed by atoms with Crippen molar-refractivity contribution in [3.63, 3.8) is 0 Å². The van der Waals surface area contributed by atoms with Gasteiger partial charge in [-0.3, -0.25) is 4.79 Å². The van der Waals surface area contributed by atoms with E-state index in [1.54, 1.807) is 6.07 Å². The summed E-state index contributed by atoms with van der Waals surface area (Å²) in [6.07, 6.45) is 1.70. The van der Waals surface area contributed by atoms with Gasteiger partial charge in [0.2, 0.25) is 5.91 Å². The summed E-state index contributed by atoms with van der Waals surface area (Å²) < 4.78 is 0. The van der Waals surface area contributed by atoms with Crippen LogP contribution in [-0.4, -0.2) is 5.91 Å². The van der Waals surface area contributed by atoms with E-state index in [9.17, 15) is 4.79 Å². The zero-order valence-electron chi connectivity index (χ0n) is 8.31. The van der Waals surface area contributed by atoms with E-state index >= 15 is 0 Å². The molecule has 0 fully saturated rings. The lowest BCUT2D eigenvalue weighted by Gasteiger charge is -2.08. The van der Waals surface area contributed by atoms with Crippen LogP contribution in [0.1, 0.15) is 18.9 Å². The first kappa shape index (κ1) is 10.8. The van der Waals surface area contributed by atoms with Crippen molar-refractivity contribution in [2.24, 2.45) is 5.92 Å². The van der Waals surface area contributed by atoms with Gasteiger partial charge in [-0.2, -0.15) is 0 Å². The fourth-order valence-electron chi connectivity index (χ4n) is 1.67. The van der Waals surface area contributed by atoms with Crippen molar-refractivity contribution < 1.29 is 4.79 Å². The summed E-state index contributed by atoms with van der Waals surface area (Å²) in [5, 5.41) is 3.88. The molecular formula is C11H11Cl2NO. The van der Waals surface area contributed by atoms with Gasteiger partial charge < -0.3 is 5.32 Å². The quantitative estimate of drug-likeness (QED) is 0.743. The molecule has 0 bridgehead atoms. The molecule has 0 aromatic heterocycles. The Hall–Kier alpha value is -0.730. The average Bonchev–Trinajstić information content (AvgIpc) is 2.31. The molecule has 1 unspecified atom stereocenters. The number of rotatable bonds is 0. The van der Waals surface area contributed by atoms with Crippen LogP contribution in [0.2, 0.25) is 10.0 Å². The largest absolute Gasteiger partial charge is 0.326 e. The summed E-state index contributed by atoms with van der Waals surface area (Å²) in [6.45, 7) is 1.92. The minimum Gasteiger partial charge on any atom is -0.326 e. The Morgan fingerprint density at radius 3 is 2.73 bits per heavy atom. The van der Waals surface area contributed by atoms with Gasteiger partial charge in [0.15, 0.2) is 0 Å². The van der Waals surface area contributed by atoms with Crippen LogP contribution in [-0.2, 0) is 11.2 Å². The van der Waals surface area contributed by atoms with E-state index in [-0.39, 0.29) is 11.8 Å². The normalized spacial score (nSPS) is 20.5. The van der Waals surface area contributed by atoms with Gasteiger partial charge in [-0.25, -0.2) is 0 Å². The maximum absolute atomic E-state index is 11.6. The van der Waals surface area contributed by atoms with Crippen molar-refractivity contribution >= 4 is 34.8 Å². The highest BCUT2D eigenvalue weighted by atomic mass is 35.5. The Labute approximate surface area is 98.6 Å². The Balaban J connectivity index is 2.43. The highest BCUT2D eigenvalue weighted by Gasteiger charge is 2.20. The Bertz CT molecular complexity index is 417. The van der Waals surface area contributed by atoms with E-state index in [4.69, 9.17) is 23.2 Å².